The fraction of sp³-hybridized carbons (Fsp3) is 0.750. The summed E-state index contributed by atoms with van der Waals surface area (Å²) in [6.07, 6.45) is 0.126. The summed E-state index contributed by atoms with van der Waals surface area (Å²) in [4.78, 5) is 45.8. The summed E-state index contributed by atoms with van der Waals surface area (Å²) in [6, 6.07) is -1.36. The van der Waals surface area contributed by atoms with Crippen LogP contribution in [0.1, 0.15) is 33.6 Å². The SMILES string of the molecule is CNC(CC(C)=O)C(=O)OCC(C)COC(=O)C(CC(C)=O)NC. The third kappa shape index (κ3) is 9.36. The van der Waals surface area contributed by atoms with Crippen LogP contribution in [0.25, 0.3) is 0 Å². The van der Waals surface area contributed by atoms with E-state index in [-0.39, 0.29) is 43.5 Å². The number of esters is 2. The Morgan fingerprint density at radius 1 is 0.792 bits per heavy atom. The van der Waals surface area contributed by atoms with E-state index in [1.807, 2.05) is 0 Å². The Morgan fingerprint density at radius 2 is 1.12 bits per heavy atom. The Hall–Kier alpha value is -1.80. The van der Waals surface area contributed by atoms with Crippen molar-refractivity contribution in [2.24, 2.45) is 5.92 Å². The molecule has 0 aromatic heterocycles. The lowest BCUT2D eigenvalue weighted by atomic mass is 10.1. The van der Waals surface area contributed by atoms with Crippen LogP contribution in [-0.4, -0.2) is 62.9 Å². The van der Waals surface area contributed by atoms with Crippen LogP contribution in [-0.2, 0) is 28.7 Å². The van der Waals surface area contributed by atoms with Crippen molar-refractivity contribution < 1.29 is 28.7 Å². The molecule has 0 aliphatic rings. The number of carbonyl (C=O) groups excluding carboxylic acids is 4. The standard InChI is InChI=1S/C16H28N2O6/c1-10(8-23-15(21)13(17-4)6-11(2)19)9-24-16(22)14(18-5)7-12(3)20/h10,13-14,17-18H,6-9H2,1-5H3. The topological polar surface area (TPSA) is 111 Å². The number of likely N-dealkylation sites (N-methyl/N-ethyl adjacent to an activating group) is 2. The molecule has 8 nitrogen and oxygen atoms in total. The predicted molar refractivity (Wildman–Crippen MR) is 87.4 cm³/mol. The zero-order valence-electron chi connectivity index (χ0n) is 15.0. The third-order valence-corrected chi connectivity index (χ3v) is 3.27. The molecular weight excluding hydrogens is 316 g/mol. The minimum Gasteiger partial charge on any atom is -0.464 e. The van der Waals surface area contributed by atoms with Crippen molar-refractivity contribution in [3.63, 3.8) is 0 Å². The molecule has 2 N–H and O–H groups in total. The lowest BCUT2D eigenvalue weighted by molar-refractivity contribution is -0.152. The second-order valence-corrected chi connectivity index (χ2v) is 5.86. The molecule has 8 heteroatoms. The van der Waals surface area contributed by atoms with Gasteiger partial charge in [-0.25, -0.2) is 0 Å². The summed E-state index contributed by atoms with van der Waals surface area (Å²) in [5.41, 5.74) is 0. The van der Waals surface area contributed by atoms with Gasteiger partial charge < -0.3 is 20.1 Å². The molecule has 0 spiro atoms. The van der Waals surface area contributed by atoms with Gasteiger partial charge in [0, 0.05) is 18.8 Å². The maximum atomic E-state index is 11.8. The normalized spacial score (nSPS) is 14.4. The van der Waals surface area contributed by atoms with Crippen LogP contribution in [0.3, 0.4) is 0 Å². The van der Waals surface area contributed by atoms with Gasteiger partial charge in [0.15, 0.2) is 0 Å². The number of ketones is 2. The van der Waals surface area contributed by atoms with Crippen LogP contribution >= 0.6 is 0 Å². The summed E-state index contributed by atoms with van der Waals surface area (Å²) in [5, 5.41) is 5.45. The second kappa shape index (κ2) is 11.7. The molecule has 0 saturated carbocycles. The molecule has 0 aromatic rings. The summed E-state index contributed by atoms with van der Waals surface area (Å²) < 4.78 is 10.3. The van der Waals surface area contributed by atoms with Gasteiger partial charge in [-0.15, -0.1) is 0 Å². The highest BCUT2D eigenvalue weighted by atomic mass is 16.5. The van der Waals surface area contributed by atoms with Gasteiger partial charge in [0.25, 0.3) is 0 Å². The molecule has 0 bridgehead atoms. The summed E-state index contributed by atoms with van der Waals surface area (Å²) >= 11 is 0. The van der Waals surface area contributed by atoms with E-state index in [4.69, 9.17) is 9.47 Å². The van der Waals surface area contributed by atoms with Gasteiger partial charge in [-0.05, 0) is 27.9 Å². The maximum absolute atomic E-state index is 11.8. The molecule has 0 aliphatic carbocycles. The van der Waals surface area contributed by atoms with E-state index in [0.29, 0.717) is 0 Å². The Labute approximate surface area is 142 Å². The first-order valence-corrected chi connectivity index (χ1v) is 7.87. The van der Waals surface area contributed by atoms with Crippen molar-refractivity contribution >= 4 is 23.5 Å². The van der Waals surface area contributed by atoms with E-state index >= 15 is 0 Å². The van der Waals surface area contributed by atoms with Crippen molar-refractivity contribution in [3.8, 4) is 0 Å². The number of nitrogens with one attached hydrogen (secondary N) is 2. The van der Waals surface area contributed by atoms with E-state index < -0.39 is 24.0 Å². The summed E-state index contributed by atoms with van der Waals surface area (Å²) in [7, 11) is 3.15. The number of hydrogen-bond donors (Lipinski definition) is 2. The molecule has 0 fully saturated rings. The van der Waals surface area contributed by atoms with Gasteiger partial charge in [0.2, 0.25) is 0 Å². The number of Topliss-reactive ketones (excluding diaryl/α,β-unsaturated/α-hetero) is 2. The van der Waals surface area contributed by atoms with Gasteiger partial charge in [0.1, 0.15) is 23.7 Å². The van der Waals surface area contributed by atoms with Crippen LogP contribution < -0.4 is 10.6 Å². The molecule has 138 valence electrons. The Balaban J connectivity index is 4.23. The van der Waals surface area contributed by atoms with E-state index in [2.05, 4.69) is 10.6 Å². The minimum absolute atomic E-state index is 0.0631. The lowest BCUT2D eigenvalue weighted by Crippen LogP contribution is -2.39. The smallest absolute Gasteiger partial charge is 0.323 e. The van der Waals surface area contributed by atoms with Crippen LogP contribution in [0.2, 0.25) is 0 Å². The largest absolute Gasteiger partial charge is 0.464 e. The molecule has 2 atom stereocenters. The molecule has 0 amide bonds. The van der Waals surface area contributed by atoms with Crippen molar-refractivity contribution in [3.05, 3.63) is 0 Å². The highest BCUT2D eigenvalue weighted by Crippen LogP contribution is 2.04. The van der Waals surface area contributed by atoms with Gasteiger partial charge in [-0.1, -0.05) is 6.92 Å². The van der Waals surface area contributed by atoms with E-state index in [9.17, 15) is 19.2 Å². The maximum Gasteiger partial charge on any atom is 0.323 e. The summed E-state index contributed by atoms with van der Waals surface area (Å²) in [5.74, 6) is -1.47. The first kappa shape index (κ1) is 22.2. The molecule has 0 rings (SSSR count). The zero-order valence-corrected chi connectivity index (χ0v) is 15.0. The molecule has 0 radical (unpaired) electrons. The van der Waals surface area contributed by atoms with Crippen molar-refractivity contribution in [2.45, 2.75) is 45.7 Å². The predicted octanol–water partition coefficient (Wildman–Crippen LogP) is -0.157. The molecule has 2 unspecified atom stereocenters. The minimum atomic E-state index is -0.679. The van der Waals surface area contributed by atoms with Crippen LogP contribution in [0.4, 0.5) is 0 Å². The van der Waals surface area contributed by atoms with Crippen molar-refractivity contribution in [1.29, 1.82) is 0 Å². The highest BCUT2D eigenvalue weighted by Gasteiger charge is 2.22. The van der Waals surface area contributed by atoms with Crippen molar-refractivity contribution in [2.75, 3.05) is 27.3 Å². The Bertz CT molecular complexity index is 412. The van der Waals surface area contributed by atoms with Gasteiger partial charge >= 0.3 is 11.9 Å². The monoisotopic (exact) mass is 344 g/mol. The van der Waals surface area contributed by atoms with E-state index in [0.717, 1.165) is 0 Å². The number of carbonyl (C=O) groups is 4. The highest BCUT2D eigenvalue weighted by molar-refractivity contribution is 5.85. The van der Waals surface area contributed by atoms with Crippen molar-refractivity contribution in [1.82, 2.24) is 10.6 Å². The van der Waals surface area contributed by atoms with Gasteiger partial charge in [-0.2, -0.15) is 0 Å². The zero-order chi connectivity index (χ0) is 18.7. The second-order valence-electron chi connectivity index (χ2n) is 5.86. The molecule has 24 heavy (non-hydrogen) atoms. The summed E-state index contributed by atoms with van der Waals surface area (Å²) in [6.45, 7) is 4.70. The lowest BCUT2D eigenvalue weighted by Gasteiger charge is -2.18. The molecule has 0 heterocycles. The number of hydrogen-bond acceptors (Lipinski definition) is 8. The van der Waals surface area contributed by atoms with E-state index in [1.54, 1.807) is 21.0 Å². The average Bonchev–Trinajstić information content (AvgIpc) is 2.52. The van der Waals surface area contributed by atoms with Gasteiger partial charge in [0.05, 0.1) is 13.2 Å². The first-order valence-electron chi connectivity index (χ1n) is 7.87. The van der Waals surface area contributed by atoms with Crippen LogP contribution in [0, 0.1) is 5.92 Å². The quantitative estimate of drug-likeness (QED) is 0.470. The number of ether oxygens (including phenoxy) is 2. The molecule has 0 saturated heterocycles. The Morgan fingerprint density at radius 3 is 1.38 bits per heavy atom. The fourth-order valence-electron chi connectivity index (χ4n) is 1.88. The average molecular weight is 344 g/mol. The van der Waals surface area contributed by atoms with Crippen LogP contribution in [0.5, 0.6) is 0 Å². The molecule has 0 aliphatic heterocycles. The first-order chi connectivity index (χ1) is 11.2. The third-order valence-electron chi connectivity index (χ3n) is 3.27. The molecular formula is C16H28N2O6. The fourth-order valence-corrected chi connectivity index (χ4v) is 1.88. The van der Waals surface area contributed by atoms with E-state index in [1.165, 1.54) is 13.8 Å². The van der Waals surface area contributed by atoms with Crippen LogP contribution in [0.15, 0.2) is 0 Å². The number of rotatable bonds is 12. The Kier molecular flexibility index (Phi) is 10.8. The molecule has 0 aromatic carbocycles. The van der Waals surface area contributed by atoms with Gasteiger partial charge in [-0.3, -0.25) is 19.2 Å².